The molecule has 5 heteroatoms. The van der Waals surface area contributed by atoms with Gasteiger partial charge in [0.2, 0.25) is 0 Å². The molecule has 2 aliphatic rings. The molecule has 2 rings (SSSR count). The molecule has 0 aromatic heterocycles. The third kappa shape index (κ3) is 3.64. The van der Waals surface area contributed by atoms with Gasteiger partial charge in [-0.15, -0.1) is 0 Å². The maximum absolute atomic E-state index is 10.9. The molecule has 0 unspecified atom stereocenters. The summed E-state index contributed by atoms with van der Waals surface area (Å²) in [6.45, 7) is 1.56. The Morgan fingerprint density at radius 1 is 1.26 bits per heavy atom. The maximum Gasteiger partial charge on any atom is 0.306 e. The predicted octanol–water partition coefficient (Wildman–Crippen LogP) is 1.87. The van der Waals surface area contributed by atoms with E-state index < -0.39 is 11.6 Å². The molecular formula is C14H25NO3S. The van der Waals surface area contributed by atoms with Crippen LogP contribution in [0.2, 0.25) is 0 Å². The third-order valence-electron chi connectivity index (χ3n) is 4.86. The Morgan fingerprint density at radius 2 is 1.89 bits per heavy atom. The molecule has 0 saturated heterocycles. The lowest BCUT2D eigenvalue weighted by Crippen LogP contribution is -2.50. The van der Waals surface area contributed by atoms with Crippen molar-refractivity contribution in [3.63, 3.8) is 0 Å². The Labute approximate surface area is 119 Å². The van der Waals surface area contributed by atoms with E-state index >= 15 is 0 Å². The summed E-state index contributed by atoms with van der Waals surface area (Å²) in [6.07, 6.45) is 8.40. The van der Waals surface area contributed by atoms with Crippen LogP contribution in [0.4, 0.5) is 0 Å². The fourth-order valence-electron chi connectivity index (χ4n) is 3.13. The Morgan fingerprint density at radius 3 is 2.32 bits per heavy atom. The highest BCUT2D eigenvalue weighted by Crippen LogP contribution is 2.42. The summed E-state index contributed by atoms with van der Waals surface area (Å²) in [6, 6.07) is 0. The van der Waals surface area contributed by atoms with E-state index in [1.165, 1.54) is 19.3 Å². The Hall–Kier alpha value is -0.260. The molecule has 0 bridgehead atoms. The van der Waals surface area contributed by atoms with E-state index in [1.807, 2.05) is 11.8 Å². The van der Waals surface area contributed by atoms with Crippen LogP contribution in [0, 0.1) is 5.92 Å². The molecule has 3 N–H and O–H groups in total. The minimum atomic E-state index is -0.717. The van der Waals surface area contributed by atoms with Gasteiger partial charge in [0.25, 0.3) is 0 Å². The van der Waals surface area contributed by atoms with Crippen molar-refractivity contribution < 1.29 is 15.0 Å². The molecule has 19 heavy (non-hydrogen) atoms. The van der Waals surface area contributed by atoms with Crippen LogP contribution in [0.3, 0.4) is 0 Å². The van der Waals surface area contributed by atoms with Crippen molar-refractivity contribution in [3.8, 4) is 0 Å². The Balaban J connectivity index is 1.72. The number of hydrogen-bond acceptors (Lipinski definition) is 4. The monoisotopic (exact) mass is 287 g/mol. The largest absolute Gasteiger partial charge is 0.481 e. The highest BCUT2D eigenvalue weighted by atomic mass is 32.2. The van der Waals surface area contributed by atoms with Gasteiger partial charge in [-0.3, -0.25) is 4.79 Å². The van der Waals surface area contributed by atoms with Crippen molar-refractivity contribution in [1.29, 1.82) is 0 Å². The molecule has 0 heterocycles. The highest BCUT2D eigenvalue weighted by molar-refractivity contribution is 8.00. The lowest BCUT2D eigenvalue weighted by Gasteiger charge is -2.42. The molecule has 0 aliphatic heterocycles. The van der Waals surface area contributed by atoms with Gasteiger partial charge in [0.1, 0.15) is 0 Å². The van der Waals surface area contributed by atoms with Crippen LogP contribution in [0.1, 0.15) is 44.9 Å². The molecule has 2 saturated carbocycles. The number of nitrogens with one attached hydrogen (secondary N) is 1. The molecule has 0 amide bonds. The number of carboxylic acid groups (broad SMARTS) is 1. The predicted molar refractivity (Wildman–Crippen MR) is 77.5 cm³/mol. The van der Waals surface area contributed by atoms with Crippen molar-refractivity contribution >= 4 is 17.7 Å². The first-order chi connectivity index (χ1) is 8.99. The SMILES string of the molecule is CSC1(CNCC2(O)CCC(C(=O)O)CC2)CCC1. The van der Waals surface area contributed by atoms with E-state index in [-0.39, 0.29) is 5.92 Å². The van der Waals surface area contributed by atoms with Crippen LogP contribution in [0.25, 0.3) is 0 Å². The van der Waals surface area contributed by atoms with Crippen LogP contribution in [0.5, 0.6) is 0 Å². The number of aliphatic carboxylic acids is 1. The van der Waals surface area contributed by atoms with E-state index in [0.717, 1.165) is 6.54 Å². The van der Waals surface area contributed by atoms with Gasteiger partial charge in [-0.05, 0) is 44.8 Å². The van der Waals surface area contributed by atoms with Gasteiger partial charge in [0, 0.05) is 17.8 Å². The summed E-state index contributed by atoms with van der Waals surface area (Å²) in [5.74, 6) is -0.977. The number of hydrogen-bond donors (Lipinski definition) is 3. The first-order valence-corrected chi connectivity index (χ1v) is 8.42. The molecular weight excluding hydrogens is 262 g/mol. The second-order valence-corrected chi connectivity index (χ2v) is 7.46. The Kier molecular flexibility index (Phi) is 4.79. The number of aliphatic hydroxyl groups is 1. The summed E-state index contributed by atoms with van der Waals surface area (Å²) in [5.41, 5.74) is -0.699. The van der Waals surface area contributed by atoms with Crippen molar-refractivity contribution in [2.75, 3.05) is 19.3 Å². The van der Waals surface area contributed by atoms with Gasteiger partial charge in [0.15, 0.2) is 0 Å². The van der Waals surface area contributed by atoms with Gasteiger partial charge in [0.05, 0.1) is 11.5 Å². The lowest BCUT2D eigenvalue weighted by molar-refractivity contribution is -0.144. The number of carboxylic acids is 1. The number of thioether (sulfide) groups is 1. The minimum Gasteiger partial charge on any atom is -0.481 e. The highest BCUT2D eigenvalue weighted by Gasteiger charge is 2.38. The second kappa shape index (κ2) is 6.02. The van der Waals surface area contributed by atoms with E-state index in [0.29, 0.717) is 37.0 Å². The molecule has 0 aromatic carbocycles. The van der Waals surface area contributed by atoms with Crippen molar-refractivity contribution in [1.82, 2.24) is 5.32 Å². The Bertz CT molecular complexity index is 317. The summed E-state index contributed by atoms with van der Waals surface area (Å²) in [4.78, 5) is 10.9. The van der Waals surface area contributed by atoms with Gasteiger partial charge < -0.3 is 15.5 Å². The zero-order valence-electron chi connectivity index (χ0n) is 11.7. The molecule has 110 valence electrons. The minimum absolute atomic E-state index is 0.260. The zero-order valence-corrected chi connectivity index (χ0v) is 12.5. The molecule has 0 atom stereocenters. The zero-order chi connectivity index (χ0) is 13.9. The molecule has 4 nitrogen and oxygen atoms in total. The van der Waals surface area contributed by atoms with Gasteiger partial charge in [-0.2, -0.15) is 11.8 Å². The van der Waals surface area contributed by atoms with Crippen LogP contribution < -0.4 is 5.32 Å². The van der Waals surface area contributed by atoms with Crippen molar-refractivity contribution in [2.45, 2.75) is 55.3 Å². The number of rotatable bonds is 6. The number of carbonyl (C=O) groups is 1. The molecule has 0 spiro atoms. The lowest BCUT2D eigenvalue weighted by atomic mass is 9.78. The van der Waals surface area contributed by atoms with E-state index in [9.17, 15) is 9.90 Å². The maximum atomic E-state index is 10.9. The second-order valence-electron chi connectivity index (χ2n) is 6.18. The average molecular weight is 287 g/mol. The normalized spacial score (nSPS) is 33.7. The summed E-state index contributed by atoms with van der Waals surface area (Å²) in [5, 5.41) is 22.8. The third-order valence-corrected chi connectivity index (χ3v) is 6.28. The van der Waals surface area contributed by atoms with Crippen molar-refractivity contribution in [3.05, 3.63) is 0 Å². The quantitative estimate of drug-likeness (QED) is 0.696. The van der Waals surface area contributed by atoms with E-state index in [1.54, 1.807) is 0 Å². The molecule has 0 radical (unpaired) electrons. The van der Waals surface area contributed by atoms with Crippen LogP contribution in [-0.2, 0) is 4.79 Å². The summed E-state index contributed by atoms with van der Waals surface area (Å²) >= 11 is 1.93. The summed E-state index contributed by atoms with van der Waals surface area (Å²) < 4.78 is 0.384. The fourth-order valence-corrected chi connectivity index (χ4v) is 4.07. The smallest absolute Gasteiger partial charge is 0.306 e. The van der Waals surface area contributed by atoms with Gasteiger partial charge in [-0.25, -0.2) is 0 Å². The van der Waals surface area contributed by atoms with E-state index in [2.05, 4.69) is 11.6 Å². The standard InChI is InChI=1S/C14H25NO3S/c1-19-14(5-2-6-14)10-15-9-13(18)7-3-11(4-8-13)12(16)17/h11,15,18H,2-10H2,1H3,(H,16,17). The van der Waals surface area contributed by atoms with Crippen LogP contribution in [-0.4, -0.2) is 45.9 Å². The van der Waals surface area contributed by atoms with Crippen LogP contribution in [0.15, 0.2) is 0 Å². The topological polar surface area (TPSA) is 69.6 Å². The fraction of sp³-hybridized carbons (Fsp3) is 0.929. The van der Waals surface area contributed by atoms with E-state index in [4.69, 9.17) is 5.11 Å². The summed E-state index contributed by atoms with van der Waals surface area (Å²) in [7, 11) is 0. The molecule has 2 fully saturated rings. The van der Waals surface area contributed by atoms with Gasteiger partial charge in [-0.1, -0.05) is 6.42 Å². The molecule has 0 aromatic rings. The molecule has 2 aliphatic carbocycles. The van der Waals surface area contributed by atoms with Crippen molar-refractivity contribution in [2.24, 2.45) is 5.92 Å². The van der Waals surface area contributed by atoms with Gasteiger partial charge >= 0.3 is 5.97 Å². The average Bonchev–Trinajstić information content (AvgIpc) is 2.33. The first-order valence-electron chi connectivity index (χ1n) is 7.20. The van der Waals surface area contributed by atoms with Crippen LogP contribution >= 0.6 is 11.8 Å². The first kappa shape index (κ1) is 15.1.